The molecule has 3 aromatic rings. The first-order chi connectivity index (χ1) is 30.8. The topological polar surface area (TPSA) is 305 Å². The fourth-order valence-electron chi connectivity index (χ4n) is 3.41. The van der Waals surface area contributed by atoms with Gasteiger partial charge in [-0.15, -0.1) is 7.77 Å². The van der Waals surface area contributed by atoms with E-state index in [0.717, 1.165) is 23.8 Å². The number of hydrogen-bond donors (Lipinski definition) is 2. The van der Waals surface area contributed by atoms with E-state index in [2.05, 4.69) is 39.2 Å². The van der Waals surface area contributed by atoms with E-state index in [4.69, 9.17) is 14.6 Å². The van der Waals surface area contributed by atoms with E-state index >= 15 is 0 Å². The summed E-state index contributed by atoms with van der Waals surface area (Å²) in [4.78, 5) is 40.5. The van der Waals surface area contributed by atoms with E-state index in [9.17, 15) is 68.4 Å². The zero-order valence-electron chi connectivity index (χ0n) is 41.7. The molecule has 410 valence electrons. The third-order valence-electron chi connectivity index (χ3n) is 5.67. The fraction of sp³-hybridized carbons (Fsp3) is 0.629. The van der Waals surface area contributed by atoms with Crippen LogP contribution < -0.4 is 103 Å². The van der Waals surface area contributed by atoms with Crippen LogP contribution in [0.15, 0.2) is 56.2 Å². The minimum absolute atomic E-state index is 0. The standard InChI is InChI=1S/2C9H15N2O2.C7H13N2O.C4H6O3.3C2H6.2BrH.F2HNO4S2.F2NO4S2.K/c2*1-3-10-4-5-11(8-10)6-7-13-9(2)12;1-2-8-3-4-9(7-8)5-6-10;1-3(5)7-4(2)6;3*1-2;;;2*1-8(4,5)3-9(2,6)7;/h2*4-5,8H,3,6-7H2,1-2H3;3-4,7,10H,2,5-6H2,1H3;1-2H3;3*1-2H3;2*1H;3H;;/q3*+1;;;;;;;;-1;+1/p-2. The van der Waals surface area contributed by atoms with Crippen molar-refractivity contribution in [1.82, 2.24) is 17.8 Å². The van der Waals surface area contributed by atoms with Gasteiger partial charge in [-0.2, -0.15) is 16.8 Å². The number of nitrogens with zero attached hydrogens (tertiary/aromatic N) is 7. The van der Waals surface area contributed by atoms with Crippen molar-refractivity contribution in [3.8, 4) is 0 Å². The van der Waals surface area contributed by atoms with Gasteiger partial charge in [0.1, 0.15) is 70.0 Å². The van der Waals surface area contributed by atoms with Crippen molar-refractivity contribution >= 4 is 65.5 Å². The summed E-state index contributed by atoms with van der Waals surface area (Å²) in [6.07, 6.45) is 17.8. The predicted octanol–water partition coefficient (Wildman–Crippen LogP) is -6.52. The number of aryl methyl sites for hydroxylation is 3. The molecule has 0 saturated heterocycles. The Morgan fingerprint density at radius 1 is 0.543 bits per heavy atom. The Morgan fingerprint density at radius 2 is 0.800 bits per heavy atom. The number of carbonyl (C=O) groups excluding carboxylic acids is 4. The fourth-order valence-corrected chi connectivity index (χ4v) is 5.21. The van der Waals surface area contributed by atoms with Crippen LogP contribution in [0.4, 0.5) is 15.5 Å². The summed E-state index contributed by atoms with van der Waals surface area (Å²) < 4.78 is 145. The van der Waals surface area contributed by atoms with Gasteiger partial charge in [-0.05, 0) is 20.8 Å². The normalized spacial score (nSPS) is 9.69. The van der Waals surface area contributed by atoms with Crippen LogP contribution in [0.25, 0.3) is 4.13 Å². The number of carbonyl (C=O) groups is 4. The molecule has 35 heteroatoms. The number of hydrogen-bond acceptors (Lipinski definition) is 16. The molecule has 0 radical (unpaired) electrons. The second-order valence-electron chi connectivity index (χ2n) is 10.8. The quantitative estimate of drug-likeness (QED) is 0.0272. The SMILES string of the molecule is CC.CC.CC.CC(=O)OC(C)=O.CCn1cc[n+](CCO)c1.CCn1cc[n+](CCOC(C)=O)c1.CCn1cc[n+](CCOC(C)=O)c1.O=S(=O)(F)NS(=O)(=O)F.O=S(=O)(F)[N-]S(=O)(=O)F.[Br-].[Br-].[K+]. The van der Waals surface area contributed by atoms with Crippen LogP contribution in [0.5, 0.6) is 0 Å². The Kier molecular flexibility index (Phi) is 64.4. The number of halogens is 6. The molecule has 2 N–H and O–H groups in total. The molecule has 0 spiro atoms. The van der Waals surface area contributed by atoms with Gasteiger partial charge in [-0.3, -0.25) is 19.2 Å². The van der Waals surface area contributed by atoms with E-state index in [0.29, 0.717) is 32.8 Å². The largest absolute Gasteiger partial charge is 1.00 e. The maximum absolute atomic E-state index is 11.1. The van der Waals surface area contributed by atoms with Gasteiger partial charge >= 0.3 is 96.1 Å². The summed E-state index contributed by atoms with van der Waals surface area (Å²) >= 11 is 0. The zero-order valence-corrected chi connectivity index (χ0v) is 51.2. The van der Waals surface area contributed by atoms with Crippen LogP contribution in [0.3, 0.4) is 0 Å². The Labute approximate surface area is 474 Å². The van der Waals surface area contributed by atoms with E-state index in [1.165, 1.54) is 27.7 Å². The molecule has 24 nitrogen and oxygen atoms in total. The van der Waals surface area contributed by atoms with Crippen molar-refractivity contribution in [2.24, 2.45) is 0 Å². The first-order valence-corrected chi connectivity index (χ1v) is 25.3. The molecule has 3 aromatic heterocycles. The number of ether oxygens (including phenoxy) is 3. The molecule has 0 amide bonds. The van der Waals surface area contributed by atoms with Gasteiger partial charge in [0.2, 0.25) is 39.8 Å². The number of aromatic nitrogens is 6. The molecule has 0 aliphatic rings. The molecule has 0 bridgehead atoms. The molecule has 3 rings (SSSR count). The summed E-state index contributed by atoms with van der Waals surface area (Å²) in [6, 6.07) is 0. The van der Waals surface area contributed by atoms with Crippen molar-refractivity contribution in [2.45, 2.75) is 129 Å². The zero-order chi connectivity index (χ0) is 54.0. The second-order valence-corrected chi connectivity index (χ2v) is 15.5. The van der Waals surface area contributed by atoms with Gasteiger partial charge in [-0.25, -0.2) is 44.2 Å². The van der Waals surface area contributed by atoms with Gasteiger partial charge in [0.05, 0.1) is 26.2 Å². The average Bonchev–Trinajstić information content (AvgIpc) is 3.97. The molecule has 0 aliphatic carbocycles. The van der Waals surface area contributed by atoms with E-state index < -0.39 is 53.6 Å². The van der Waals surface area contributed by atoms with E-state index in [1.54, 1.807) is 0 Å². The van der Waals surface area contributed by atoms with Gasteiger partial charge in [0.15, 0.2) is 0 Å². The van der Waals surface area contributed by atoms with Crippen molar-refractivity contribution in [2.75, 3.05) is 19.8 Å². The van der Waals surface area contributed by atoms with Crippen LogP contribution in [-0.4, -0.2) is 96.2 Å². The first-order valence-electron chi connectivity index (χ1n) is 19.9. The monoisotopic (exact) mass is 1260 g/mol. The molecule has 0 fully saturated rings. The number of aliphatic hydroxyl groups is 1. The minimum atomic E-state index is -5.62. The number of aliphatic hydroxyl groups excluding tert-OH is 1. The molecular weight excluding hydrogens is 1190 g/mol. The van der Waals surface area contributed by atoms with E-state index in [1.807, 2.05) is 111 Å². The number of imidazole rings is 3. The summed E-state index contributed by atoms with van der Waals surface area (Å²) in [5.74, 6) is -1.58. The maximum Gasteiger partial charge on any atom is 1.00 e. The molecule has 0 atom stereocenters. The molecule has 0 aliphatic heterocycles. The van der Waals surface area contributed by atoms with Crippen molar-refractivity contribution in [3.63, 3.8) is 0 Å². The van der Waals surface area contributed by atoms with Gasteiger partial charge in [0, 0.05) is 27.7 Å². The van der Waals surface area contributed by atoms with Crippen LogP contribution in [-0.2, 0) is 114 Å². The summed E-state index contributed by atoms with van der Waals surface area (Å²) in [5, 5.41) is 8.57. The first kappa shape index (κ1) is 87.4. The molecule has 0 saturated carbocycles. The summed E-state index contributed by atoms with van der Waals surface area (Å²) in [6.45, 7) is 29.5. The Bertz CT molecular complexity index is 2050. The Morgan fingerprint density at radius 3 is 0.929 bits per heavy atom. The van der Waals surface area contributed by atoms with Crippen LogP contribution >= 0.6 is 0 Å². The van der Waals surface area contributed by atoms with Gasteiger partial charge < -0.3 is 57.4 Å². The van der Waals surface area contributed by atoms with Gasteiger partial charge in [-0.1, -0.05) is 53.4 Å². The number of esters is 4. The van der Waals surface area contributed by atoms with Crippen LogP contribution in [0, 0.1) is 0 Å². The summed E-state index contributed by atoms with van der Waals surface area (Å²) in [7, 11) is -22.2. The predicted molar refractivity (Wildman–Crippen MR) is 234 cm³/mol. The number of rotatable bonds is 15. The molecular formula is C35H68Br2F4KN8O16S4+. The molecule has 70 heavy (non-hydrogen) atoms. The Hall–Kier alpha value is -2.29. The Balaban J connectivity index is -0.0000000893. The van der Waals surface area contributed by atoms with Crippen LogP contribution in [0.2, 0.25) is 0 Å². The van der Waals surface area contributed by atoms with Gasteiger partial charge in [0.25, 0.3) is 0 Å². The smallest absolute Gasteiger partial charge is 1.00 e. The van der Waals surface area contributed by atoms with Crippen molar-refractivity contribution in [1.29, 1.82) is 0 Å². The number of nitrogens with one attached hydrogen (secondary N) is 1. The molecule has 3 heterocycles. The maximum atomic E-state index is 11.1. The van der Waals surface area contributed by atoms with E-state index in [-0.39, 0.29) is 108 Å². The average molecular weight is 1260 g/mol. The van der Waals surface area contributed by atoms with Crippen LogP contribution in [0.1, 0.15) is 90.0 Å². The summed E-state index contributed by atoms with van der Waals surface area (Å²) in [5.41, 5.74) is 0. The van der Waals surface area contributed by atoms with Crippen molar-refractivity contribution in [3.05, 3.63) is 60.3 Å². The minimum Gasteiger partial charge on any atom is -1.00 e. The second kappa shape index (κ2) is 51.6. The molecule has 0 unspecified atom stereocenters. The third-order valence-corrected chi connectivity index (χ3v) is 8.68. The molecule has 0 aromatic carbocycles. The van der Waals surface area contributed by atoms with Crippen molar-refractivity contribution < 1.29 is 187 Å². The third kappa shape index (κ3) is 72.3.